The van der Waals surface area contributed by atoms with Gasteiger partial charge in [0.25, 0.3) is 5.91 Å². The van der Waals surface area contributed by atoms with Crippen molar-refractivity contribution in [2.45, 2.75) is 108 Å². The average molecular weight is 500 g/mol. The number of ether oxygens (including phenoxy) is 2. The highest BCUT2D eigenvalue weighted by atomic mass is 16.5. The fourth-order valence-corrected chi connectivity index (χ4v) is 6.38. The van der Waals surface area contributed by atoms with E-state index in [1.54, 1.807) is 0 Å². The zero-order chi connectivity index (χ0) is 25.2. The van der Waals surface area contributed by atoms with Gasteiger partial charge in [0.15, 0.2) is 0 Å². The molecule has 3 N–H and O–H groups in total. The standard InChI is InChI=1S/C28H41N3O5/c1-17(2)31-16-20-14-23(31)28(34)29-15-26-24(32)10-8-21(36-26)11-12-35-25-13-19(18-5-3-4-6-18)7-9-22(25)27(33)30-20/h7,9,13,17-18,20-21,23-24,26,32H,3-6,8,10-12,14-16H2,1-2H3,(H,29,34)(H,30,33)/t20-,21-,23-,24-,26+/m0/s1. The number of aliphatic hydroxyl groups excluding tert-OH is 1. The van der Waals surface area contributed by atoms with Gasteiger partial charge in [-0.05, 0) is 69.6 Å². The van der Waals surface area contributed by atoms with E-state index >= 15 is 0 Å². The van der Waals surface area contributed by atoms with Crippen molar-refractivity contribution in [1.82, 2.24) is 15.5 Å². The molecule has 8 nitrogen and oxygen atoms in total. The largest absolute Gasteiger partial charge is 0.493 e. The zero-order valence-electron chi connectivity index (χ0n) is 21.6. The normalized spacial score (nSPS) is 32.6. The number of fused-ring (bicyclic) bond motifs is 5. The molecule has 3 heterocycles. The summed E-state index contributed by atoms with van der Waals surface area (Å²) in [6.07, 6.45) is 6.38. The summed E-state index contributed by atoms with van der Waals surface area (Å²) in [5, 5.41) is 16.7. The number of likely N-dealkylation sites (tertiary alicyclic amines) is 1. The molecule has 8 heteroatoms. The molecule has 5 rings (SSSR count). The summed E-state index contributed by atoms with van der Waals surface area (Å²) in [7, 11) is 0. The van der Waals surface area contributed by atoms with Crippen LogP contribution in [0, 0.1) is 0 Å². The second-order valence-corrected chi connectivity index (χ2v) is 11.3. The Morgan fingerprint density at radius 1 is 1.08 bits per heavy atom. The van der Waals surface area contributed by atoms with Gasteiger partial charge >= 0.3 is 0 Å². The quantitative estimate of drug-likeness (QED) is 0.579. The Morgan fingerprint density at radius 3 is 2.67 bits per heavy atom. The minimum atomic E-state index is -0.590. The van der Waals surface area contributed by atoms with Gasteiger partial charge in [0.05, 0.1) is 30.4 Å². The number of hydrogen-bond donors (Lipinski definition) is 3. The van der Waals surface area contributed by atoms with Crippen molar-refractivity contribution in [3.05, 3.63) is 29.3 Å². The van der Waals surface area contributed by atoms with Crippen LogP contribution in [-0.4, -0.2) is 78.0 Å². The molecule has 198 valence electrons. The van der Waals surface area contributed by atoms with Gasteiger partial charge in [-0.25, -0.2) is 0 Å². The van der Waals surface area contributed by atoms with Crippen LogP contribution in [0.5, 0.6) is 5.75 Å². The molecule has 3 fully saturated rings. The van der Waals surface area contributed by atoms with Crippen LogP contribution in [0.1, 0.15) is 87.1 Å². The number of carbonyl (C=O) groups excluding carboxylic acids is 2. The van der Waals surface area contributed by atoms with Gasteiger partial charge in [-0.2, -0.15) is 0 Å². The van der Waals surface area contributed by atoms with Crippen LogP contribution in [0.3, 0.4) is 0 Å². The summed E-state index contributed by atoms with van der Waals surface area (Å²) in [6.45, 7) is 5.46. The molecule has 1 saturated carbocycles. The third-order valence-corrected chi connectivity index (χ3v) is 8.47. The predicted octanol–water partition coefficient (Wildman–Crippen LogP) is 2.73. The Balaban J connectivity index is 1.42. The third-order valence-electron chi connectivity index (χ3n) is 8.47. The monoisotopic (exact) mass is 499 g/mol. The molecule has 2 amide bonds. The molecule has 5 atom stereocenters. The highest BCUT2D eigenvalue weighted by Crippen LogP contribution is 2.36. The van der Waals surface area contributed by atoms with Gasteiger partial charge in [0.1, 0.15) is 11.9 Å². The van der Waals surface area contributed by atoms with Crippen LogP contribution in [-0.2, 0) is 9.53 Å². The van der Waals surface area contributed by atoms with Crippen LogP contribution < -0.4 is 15.4 Å². The predicted molar refractivity (Wildman–Crippen MR) is 136 cm³/mol. The summed E-state index contributed by atoms with van der Waals surface area (Å²) >= 11 is 0. The second-order valence-electron chi connectivity index (χ2n) is 11.3. The molecule has 0 unspecified atom stereocenters. The van der Waals surface area contributed by atoms with Crippen LogP contribution in [0.2, 0.25) is 0 Å². The van der Waals surface area contributed by atoms with E-state index in [0.29, 0.717) is 49.6 Å². The molecule has 2 saturated heterocycles. The number of hydrogen-bond acceptors (Lipinski definition) is 6. The smallest absolute Gasteiger partial charge is 0.255 e. The van der Waals surface area contributed by atoms with Crippen LogP contribution >= 0.6 is 0 Å². The van der Waals surface area contributed by atoms with Crippen molar-refractivity contribution in [3.63, 3.8) is 0 Å². The lowest BCUT2D eigenvalue weighted by molar-refractivity contribution is -0.134. The molecule has 1 aromatic carbocycles. The lowest BCUT2D eigenvalue weighted by Gasteiger charge is -2.35. The minimum absolute atomic E-state index is 0.0541. The number of carbonyl (C=O) groups is 2. The van der Waals surface area contributed by atoms with Crippen LogP contribution in [0.15, 0.2) is 18.2 Å². The van der Waals surface area contributed by atoms with Crippen molar-refractivity contribution in [1.29, 1.82) is 0 Å². The molecule has 0 spiro atoms. The van der Waals surface area contributed by atoms with Crippen molar-refractivity contribution in [2.75, 3.05) is 19.7 Å². The zero-order valence-corrected chi connectivity index (χ0v) is 21.6. The van der Waals surface area contributed by atoms with Gasteiger partial charge in [-0.1, -0.05) is 18.9 Å². The van der Waals surface area contributed by atoms with E-state index in [1.807, 2.05) is 6.07 Å². The lowest BCUT2D eigenvalue weighted by atomic mass is 9.95. The van der Waals surface area contributed by atoms with E-state index in [0.717, 1.165) is 6.42 Å². The number of nitrogens with one attached hydrogen (secondary N) is 2. The summed E-state index contributed by atoms with van der Waals surface area (Å²) in [5.74, 6) is 0.932. The maximum Gasteiger partial charge on any atom is 0.255 e. The van der Waals surface area contributed by atoms with E-state index < -0.39 is 12.2 Å². The highest BCUT2D eigenvalue weighted by Gasteiger charge is 2.40. The molecular formula is C28H41N3O5. The average Bonchev–Trinajstić information content (AvgIpc) is 3.54. The molecular weight excluding hydrogens is 458 g/mol. The van der Waals surface area contributed by atoms with Gasteiger partial charge in [0, 0.05) is 31.6 Å². The Kier molecular flexibility index (Phi) is 7.84. The number of aliphatic hydroxyl groups is 1. The van der Waals surface area contributed by atoms with E-state index in [4.69, 9.17) is 9.47 Å². The topological polar surface area (TPSA) is 100 Å². The second kappa shape index (κ2) is 11.1. The Bertz CT molecular complexity index is 947. The van der Waals surface area contributed by atoms with Gasteiger partial charge in [-0.3, -0.25) is 14.5 Å². The van der Waals surface area contributed by atoms with Crippen molar-refractivity contribution in [3.8, 4) is 5.75 Å². The first-order valence-corrected chi connectivity index (χ1v) is 13.8. The van der Waals surface area contributed by atoms with E-state index in [-0.39, 0.29) is 42.6 Å². The van der Waals surface area contributed by atoms with Crippen molar-refractivity contribution in [2.24, 2.45) is 0 Å². The minimum Gasteiger partial charge on any atom is -0.493 e. The molecule has 3 aliphatic heterocycles. The molecule has 0 radical (unpaired) electrons. The van der Waals surface area contributed by atoms with E-state index in [1.165, 1.54) is 31.2 Å². The lowest BCUT2D eigenvalue weighted by Crippen LogP contribution is -2.51. The van der Waals surface area contributed by atoms with Crippen LogP contribution in [0.25, 0.3) is 0 Å². The first-order chi connectivity index (χ1) is 17.4. The number of rotatable bonds is 2. The Morgan fingerprint density at radius 2 is 1.89 bits per heavy atom. The Hall–Kier alpha value is -2.16. The maximum atomic E-state index is 13.4. The molecule has 4 bridgehead atoms. The first kappa shape index (κ1) is 25.5. The molecule has 4 aliphatic rings. The van der Waals surface area contributed by atoms with E-state index in [2.05, 4.69) is 41.5 Å². The number of amides is 2. The summed E-state index contributed by atoms with van der Waals surface area (Å²) in [6, 6.07) is 5.75. The summed E-state index contributed by atoms with van der Waals surface area (Å²) in [5.41, 5.74) is 1.79. The maximum absolute atomic E-state index is 13.4. The van der Waals surface area contributed by atoms with Crippen molar-refractivity contribution >= 4 is 11.8 Å². The van der Waals surface area contributed by atoms with Gasteiger partial charge in [0.2, 0.25) is 5.91 Å². The Labute approximate surface area is 214 Å². The fourth-order valence-electron chi connectivity index (χ4n) is 6.38. The van der Waals surface area contributed by atoms with E-state index in [9.17, 15) is 14.7 Å². The molecule has 1 aliphatic carbocycles. The fraction of sp³-hybridized carbons (Fsp3) is 0.714. The summed E-state index contributed by atoms with van der Waals surface area (Å²) < 4.78 is 12.4. The SMILES string of the molecule is CC(C)N1C[C@@H]2C[C@H]1C(=O)NC[C@H]1O[C@H](CCOc3cc(C4CCCC4)ccc3C(=O)N2)CC[C@@H]1O. The van der Waals surface area contributed by atoms with Crippen LogP contribution in [0.4, 0.5) is 0 Å². The molecule has 36 heavy (non-hydrogen) atoms. The third kappa shape index (κ3) is 5.55. The summed E-state index contributed by atoms with van der Waals surface area (Å²) in [4.78, 5) is 28.7. The van der Waals surface area contributed by atoms with Gasteiger partial charge < -0.3 is 25.2 Å². The first-order valence-electron chi connectivity index (χ1n) is 13.8. The number of nitrogens with zero attached hydrogens (tertiary/aromatic N) is 1. The van der Waals surface area contributed by atoms with Gasteiger partial charge in [-0.15, -0.1) is 0 Å². The molecule has 0 aromatic heterocycles. The molecule has 1 aromatic rings. The van der Waals surface area contributed by atoms with Crippen molar-refractivity contribution < 1.29 is 24.2 Å². The number of benzene rings is 1. The highest BCUT2D eigenvalue weighted by molar-refractivity contribution is 5.97.